The lowest BCUT2D eigenvalue weighted by atomic mass is 9.82. The number of halogens is 1. The Morgan fingerprint density at radius 1 is 1.60 bits per heavy atom. The maximum absolute atomic E-state index is 12.2. The van der Waals surface area contributed by atoms with Crippen molar-refractivity contribution in [2.45, 2.75) is 26.3 Å². The van der Waals surface area contributed by atoms with Gasteiger partial charge in [-0.05, 0) is 18.3 Å². The molecule has 1 saturated heterocycles. The number of ether oxygens (including phenoxy) is 1. The van der Waals surface area contributed by atoms with E-state index in [1.165, 1.54) is 10.9 Å². The number of nitrogens with zero attached hydrogens (tertiary/aromatic N) is 2. The highest BCUT2D eigenvalue weighted by Gasteiger charge is 2.27. The van der Waals surface area contributed by atoms with Crippen molar-refractivity contribution in [3.05, 3.63) is 21.6 Å². The molecule has 1 aliphatic rings. The van der Waals surface area contributed by atoms with Gasteiger partial charge in [-0.2, -0.15) is 5.10 Å². The molecule has 0 spiro atoms. The van der Waals surface area contributed by atoms with E-state index in [-0.39, 0.29) is 17.5 Å². The molecule has 1 aliphatic heterocycles. The van der Waals surface area contributed by atoms with Crippen LogP contribution in [0.15, 0.2) is 11.0 Å². The molecule has 0 aliphatic carbocycles. The lowest BCUT2D eigenvalue weighted by molar-refractivity contribution is 0.0300. The molecule has 0 amide bonds. The molecule has 0 bridgehead atoms. The number of terminal acetylenes is 1. The Labute approximate surface area is 123 Å². The molecule has 2 rings (SSSR count). The van der Waals surface area contributed by atoms with Gasteiger partial charge in [0.25, 0.3) is 5.56 Å². The van der Waals surface area contributed by atoms with Gasteiger partial charge in [-0.1, -0.05) is 24.4 Å². The van der Waals surface area contributed by atoms with Crippen LogP contribution in [0.2, 0.25) is 5.02 Å². The van der Waals surface area contributed by atoms with E-state index in [0.29, 0.717) is 17.3 Å². The maximum atomic E-state index is 12.2. The summed E-state index contributed by atoms with van der Waals surface area (Å²) in [6.07, 6.45) is 8.57. The lowest BCUT2D eigenvalue weighted by Crippen LogP contribution is -2.35. The lowest BCUT2D eigenvalue weighted by Gasteiger charge is -2.33. The van der Waals surface area contributed by atoms with Crippen LogP contribution in [0.5, 0.6) is 0 Å². The molecule has 5 nitrogen and oxygen atoms in total. The van der Waals surface area contributed by atoms with Crippen LogP contribution in [-0.4, -0.2) is 29.5 Å². The fourth-order valence-electron chi connectivity index (χ4n) is 2.17. The molecule has 1 N–H and O–H groups in total. The summed E-state index contributed by atoms with van der Waals surface area (Å²) in [5.74, 6) is 2.40. The van der Waals surface area contributed by atoms with Crippen LogP contribution in [0, 0.1) is 17.8 Å². The number of aromatic nitrogens is 2. The highest BCUT2D eigenvalue weighted by molar-refractivity contribution is 6.32. The van der Waals surface area contributed by atoms with Crippen molar-refractivity contribution >= 4 is 17.3 Å². The fourth-order valence-corrected chi connectivity index (χ4v) is 2.36. The first kappa shape index (κ1) is 14.9. The minimum atomic E-state index is -0.286. The highest BCUT2D eigenvalue weighted by atomic mass is 35.5. The molecule has 20 heavy (non-hydrogen) atoms. The number of hydrogen-bond donors (Lipinski definition) is 1. The van der Waals surface area contributed by atoms with E-state index >= 15 is 0 Å². The van der Waals surface area contributed by atoms with Gasteiger partial charge in [0.2, 0.25) is 0 Å². The molecule has 1 aromatic heterocycles. The zero-order valence-corrected chi connectivity index (χ0v) is 12.2. The predicted octanol–water partition coefficient (Wildman–Crippen LogP) is 1.76. The largest absolute Gasteiger partial charge is 0.381 e. The number of rotatable bonds is 4. The Morgan fingerprint density at radius 3 is 2.95 bits per heavy atom. The predicted molar refractivity (Wildman–Crippen MR) is 79.0 cm³/mol. The van der Waals surface area contributed by atoms with E-state index in [1.807, 2.05) is 0 Å². The van der Waals surface area contributed by atoms with Crippen molar-refractivity contribution in [3.63, 3.8) is 0 Å². The van der Waals surface area contributed by atoms with Crippen molar-refractivity contribution in [1.82, 2.24) is 9.78 Å². The van der Waals surface area contributed by atoms with Crippen LogP contribution in [0.25, 0.3) is 0 Å². The summed E-state index contributed by atoms with van der Waals surface area (Å²) in [5, 5.41) is 7.39. The summed E-state index contributed by atoms with van der Waals surface area (Å²) in [7, 11) is 0. The summed E-state index contributed by atoms with van der Waals surface area (Å²) in [5.41, 5.74) is 0.185. The SMILES string of the molecule is C#CCn1ncc(Cl)c(NCC2(C)CCOCC2)c1=O. The molecule has 0 unspecified atom stereocenters. The Morgan fingerprint density at radius 2 is 2.30 bits per heavy atom. The summed E-state index contributed by atoms with van der Waals surface area (Å²) >= 11 is 6.05. The van der Waals surface area contributed by atoms with Crippen LogP contribution >= 0.6 is 11.6 Å². The van der Waals surface area contributed by atoms with Crippen LogP contribution in [-0.2, 0) is 11.3 Å². The van der Waals surface area contributed by atoms with Crippen LogP contribution < -0.4 is 10.9 Å². The molecular weight excluding hydrogens is 278 g/mol. The van der Waals surface area contributed by atoms with Crippen molar-refractivity contribution in [2.75, 3.05) is 25.1 Å². The van der Waals surface area contributed by atoms with Crippen molar-refractivity contribution < 1.29 is 4.74 Å². The fraction of sp³-hybridized carbons (Fsp3) is 0.571. The second kappa shape index (κ2) is 6.29. The average molecular weight is 296 g/mol. The molecule has 2 heterocycles. The van der Waals surface area contributed by atoms with Gasteiger partial charge in [-0.3, -0.25) is 4.79 Å². The first-order chi connectivity index (χ1) is 9.56. The second-order valence-electron chi connectivity index (χ2n) is 5.31. The Hall–Kier alpha value is -1.51. The van der Waals surface area contributed by atoms with Crippen molar-refractivity contribution in [2.24, 2.45) is 5.41 Å². The highest BCUT2D eigenvalue weighted by Crippen LogP contribution is 2.30. The third kappa shape index (κ3) is 3.33. The van der Waals surface area contributed by atoms with E-state index in [2.05, 4.69) is 23.3 Å². The average Bonchev–Trinajstić information content (AvgIpc) is 2.43. The van der Waals surface area contributed by atoms with E-state index in [1.54, 1.807) is 0 Å². The standard InChI is InChI=1S/C14H18ClN3O2/c1-3-6-18-13(19)12(11(15)9-17-18)16-10-14(2)4-7-20-8-5-14/h1,9,16H,4-8,10H2,2H3. The quantitative estimate of drug-likeness (QED) is 0.860. The van der Waals surface area contributed by atoms with Crippen LogP contribution in [0.4, 0.5) is 5.69 Å². The third-order valence-electron chi connectivity index (χ3n) is 3.63. The van der Waals surface area contributed by atoms with Gasteiger partial charge < -0.3 is 10.1 Å². The maximum Gasteiger partial charge on any atom is 0.292 e. The van der Waals surface area contributed by atoms with Crippen molar-refractivity contribution in [1.29, 1.82) is 0 Å². The molecule has 0 saturated carbocycles. The summed E-state index contributed by atoms with van der Waals surface area (Å²) < 4.78 is 6.59. The first-order valence-corrected chi connectivity index (χ1v) is 6.94. The van der Waals surface area contributed by atoms with Gasteiger partial charge in [0, 0.05) is 19.8 Å². The van der Waals surface area contributed by atoms with Gasteiger partial charge >= 0.3 is 0 Å². The van der Waals surface area contributed by atoms with Gasteiger partial charge in [-0.25, -0.2) is 4.68 Å². The van der Waals surface area contributed by atoms with Gasteiger partial charge in [0.15, 0.2) is 0 Å². The molecule has 0 radical (unpaired) electrons. The summed E-state index contributed by atoms with van der Waals surface area (Å²) in [4.78, 5) is 12.2. The van der Waals surface area contributed by atoms with Gasteiger partial charge in [-0.15, -0.1) is 6.42 Å². The van der Waals surface area contributed by atoms with E-state index in [4.69, 9.17) is 22.8 Å². The minimum absolute atomic E-state index is 0.105. The number of anilines is 1. The normalized spacial score (nSPS) is 17.4. The Kier molecular flexibility index (Phi) is 4.69. The van der Waals surface area contributed by atoms with Gasteiger partial charge in [0.1, 0.15) is 12.2 Å². The topological polar surface area (TPSA) is 56.1 Å². The summed E-state index contributed by atoms with van der Waals surface area (Å²) in [6, 6.07) is 0. The zero-order valence-electron chi connectivity index (χ0n) is 11.5. The van der Waals surface area contributed by atoms with E-state index in [0.717, 1.165) is 26.1 Å². The number of nitrogens with one attached hydrogen (secondary N) is 1. The molecule has 0 aromatic carbocycles. The third-order valence-corrected chi connectivity index (χ3v) is 3.92. The van der Waals surface area contributed by atoms with Crippen LogP contribution in [0.1, 0.15) is 19.8 Å². The molecule has 1 aromatic rings. The van der Waals surface area contributed by atoms with Crippen LogP contribution in [0.3, 0.4) is 0 Å². The Bertz CT molecular complexity index is 571. The Balaban J connectivity index is 2.15. The smallest absolute Gasteiger partial charge is 0.292 e. The molecule has 1 fully saturated rings. The monoisotopic (exact) mass is 295 g/mol. The molecule has 6 heteroatoms. The second-order valence-corrected chi connectivity index (χ2v) is 5.72. The molecule has 108 valence electrons. The molecule has 0 atom stereocenters. The van der Waals surface area contributed by atoms with Gasteiger partial charge in [0.05, 0.1) is 11.2 Å². The molecular formula is C14H18ClN3O2. The minimum Gasteiger partial charge on any atom is -0.381 e. The summed E-state index contributed by atoms with van der Waals surface area (Å²) in [6.45, 7) is 4.49. The van der Waals surface area contributed by atoms with E-state index in [9.17, 15) is 4.79 Å². The number of hydrogen-bond acceptors (Lipinski definition) is 4. The van der Waals surface area contributed by atoms with Crippen molar-refractivity contribution in [3.8, 4) is 12.3 Å². The first-order valence-electron chi connectivity index (χ1n) is 6.56. The zero-order chi connectivity index (χ0) is 14.6. The van der Waals surface area contributed by atoms with E-state index < -0.39 is 0 Å².